The van der Waals surface area contributed by atoms with E-state index in [2.05, 4.69) is 36.2 Å². The number of benzene rings is 2. The Morgan fingerprint density at radius 1 is 1.14 bits per heavy atom. The molecule has 0 heterocycles. The zero-order chi connectivity index (χ0) is 20.8. The van der Waals surface area contributed by atoms with Crippen LogP contribution in [0.4, 0.5) is 17.1 Å². The summed E-state index contributed by atoms with van der Waals surface area (Å²) in [7, 11) is 0. The lowest BCUT2D eigenvalue weighted by molar-refractivity contribution is -0.118. The molecule has 0 spiro atoms. The highest BCUT2D eigenvalue weighted by Gasteiger charge is 2.24. The molecule has 0 aliphatic heterocycles. The molecule has 0 bridgehead atoms. The fourth-order valence-electron chi connectivity index (χ4n) is 4.21. The van der Waals surface area contributed by atoms with Crippen molar-refractivity contribution in [2.45, 2.75) is 46.1 Å². The Morgan fingerprint density at radius 3 is 2.59 bits per heavy atom. The van der Waals surface area contributed by atoms with Crippen LogP contribution in [0.3, 0.4) is 0 Å². The van der Waals surface area contributed by atoms with Gasteiger partial charge in [-0.25, -0.2) is 0 Å². The summed E-state index contributed by atoms with van der Waals surface area (Å²) in [6.07, 6.45) is 3.62. The molecular weight excluding hydrogens is 362 g/mol. The molecule has 1 fully saturated rings. The van der Waals surface area contributed by atoms with Crippen molar-refractivity contribution in [3.05, 3.63) is 48.0 Å². The van der Waals surface area contributed by atoms with Crippen LogP contribution in [-0.4, -0.2) is 25.3 Å². The Labute approximate surface area is 173 Å². The van der Waals surface area contributed by atoms with Gasteiger partial charge in [-0.05, 0) is 74.6 Å². The lowest BCUT2D eigenvalue weighted by atomic mass is 9.80. The summed E-state index contributed by atoms with van der Waals surface area (Å²) in [6.45, 7) is 10.2. The van der Waals surface area contributed by atoms with E-state index in [0.717, 1.165) is 47.3 Å². The number of amides is 1. The van der Waals surface area contributed by atoms with Gasteiger partial charge in [0, 0.05) is 17.8 Å². The van der Waals surface area contributed by atoms with Crippen LogP contribution >= 0.6 is 0 Å². The molecule has 5 heteroatoms. The molecular formula is C24H31N3O2. The van der Waals surface area contributed by atoms with E-state index in [1.165, 1.54) is 6.42 Å². The van der Waals surface area contributed by atoms with Crippen LogP contribution in [0, 0.1) is 18.8 Å². The highest BCUT2D eigenvalue weighted by molar-refractivity contribution is 5.92. The highest BCUT2D eigenvalue weighted by atomic mass is 16.5. The van der Waals surface area contributed by atoms with E-state index < -0.39 is 0 Å². The van der Waals surface area contributed by atoms with Crippen LogP contribution in [0.25, 0.3) is 0 Å². The zero-order valence-electron chi connectivity index (χ0n) is 17.6. The maximum Gasteiger partial charge on any atom is 0.262 e. The van der Waals surface area contributed by atoms with Crippen molar-refractivity contribution in [1.82, 2.24) is 0 Å². The Hall–Kier alpha value is -2.82. The minimum Gasteiger partial charge on any atom is -0.484 e. The van der Waals surface area contributed by atoms with Gasteiger partial charge in [-0.1, -0.05) is 26.0 Å². The molecule has 29 heavy (non-hydrogen) atoms. The zero-order valence-corrected chi connectivity index (χ0v) is 17.6. The molecule has 0 aromatic heterocycles. The van der Waals surface area contributed by atoms with Crippen molar-refractivity contribution in [1.29, 1.82) is 0 Å². The minimum absolute atomic E-state index is 0.0606. The number of nitrogens with zero attached hydrogens (tertiary/aromatic N) is 1. The Kier molecular flexibility index (Phi) is 6.91. The van der Waals surface area contributed by atoms with E-state index in [-0.39, 0.29) is 12.5 Å². The van der Waals surface area contributed by atoms with Gasteiger partial charge >= 0.3 is 0 Å². The topological polar surface area (TPSA) is 62.7 Å². The predicted octanol–water partition coefficient (Wildman–Crippen LogP) is 5.58. The summed E-state index contributed by atoms with van der Waals surface area (Å²) in [5.41, 5.74) is 3.56. The van der Waals surface area contributed by atoms with E-state index in [1.807, 2.05) is 49.4 Å². The first-order valence-corrected chi connectivity index (χ1v) is 10.3. The number of carbonyl (C=O) groups excluding carboxylic acids is 1. The molecule has 2 aromatic rings. The second-order valence-corrected chi connectivity index (χ2v) is 8.30. The van der Waals surface area contributed by atoms with Gasteiger partial charge in [-0.2, -0.15) is 0 Å². The van der Waals surface area contributed by atoms with Gasteiger partial charge in [0.25, 0.3) is 5.91 Å². The third kappa shape index (κ3) is 6.08. The quantitative estimate of drug-likeness (QED) is 0.604. The first kappa shape index (κ1) is 20.9. The van der Waals surface area contributed by atoms with Gasteiger partial charge in [-0.3, -0.25) is 9.79 Å². The fraction of sp³-hybridized carbons (Fsp3) is 0.417. The number of rotatable bonds is 7. The fourth-order valence-corrected chi connectivity index (χ4v) is 4.21. The lowest BCUT2D eigenvalue weighted by Gasteiger charge is -2.32. The van der Waals surface area contributed by atoms with Crippen molar-refractivity contribution < 1.29 is 9.53 Å². The number of hydrogen-bond acceptors (Lipinski definition) is 4. The number of carbonyl (C=O) groups is 1. The molecule has 1 amide bonds. The molecule has 0 radical (unpaired) electrons. The van der Waals surface area contributed by atoms with Crippen molar-refractivity contribution in [2.24, 2.45) is 16.8 Å². The summed E-state index contributed by atoms with van der Waals surface area (Å²) in [4.78, 5) is 16.3. The third-order valence-corrected chi connectivity index (χ3v) is 5.35. The van der Waals surface area contributed by atoms with Gasteiger partial charge in [0.15, 0.2) is 6.61 Å². The summed E-state index contributed by atoms with van der Waals surface area (Å²) in [6, 6.07) is 13.8. The molecule has 154 valence electrons. The number of hydrogen-bond donors (Lipinski definition) is 2. The van der Waals surface area contributed by atoms with Crippen LogP contribution in [0.15, 0.2) is 47.5 Å². The molecule has 1 aliphatic rings. The predicted molar refractivity (Wildman–Crippen MR) is 121 cm³/mol. The number of aryl methyl sites for hydroxylation is 1. The first-order valence-electron chi connectivity index (χ1n) is 10.3. The van der Waals surface area contributed by atoms with Crippen molar-refractivity contribution >= 4 is 29.7 Å². The number of nitrogens with one attached hydrogen (secondary N) is 2. The summed E-state index contributed by atoms with van der Waals surface area (Å²) < 4.78 is 5.66. The Balaban J connectivity index is 1.58. The molecule has 2 aromatic carbocycles. The average Bonchev–Trinajstić information content (AvgIpc) is 2.66. The standard InChI is InChI=1S/C24H31N3O2/c1-16-6-5-7-19(11-16)27-24(28)15-29-21-8-9-22(23(14-21)25-4)26-20-12-17(2)10-18(3)13-20/h5-9,11,14,17-18,20,26H,4,10,12-13,15H2,1-3H3,(H,27,28)/t17-,18?,20?/m1/s1. The highest BCUT2D eigenvalue weighted by Crippen LogP contribution is 2.34. The largest absolute Gasteiger partial charge is 0.484 e. The van der Waals surface area contributed by atoms with Gasteiger partial charge in [0.2, 0.25) is 0 Å². The summed E-state index contributed by atoms with van der Waals surface area (Å²) in [5, 5.41) is 6.47. The maximum absolute atomic E-state index is 12.2. The van der Waals surface area contributed by atoms with Crippen molar-refractivity contribution in [3.63, 3.8) is 0 Å². The molecule has 2 unspecified atom stereocenters. The van der Waals surface area contributed by atoms with Crippen LogP contribution in [0.1, 0.15) is 38.7 Å². The van der Waals surface area contributed by atoms with Gasteiger partial charge < -0.3 is 15.4 Å². The van der Waals surface area contributed by atoms with E-state index in [1.54, 1.807) is 0 Å². The normalized spacial score (nSPS) is 21.3. The van der Waals surface area contributed by atoms with E-state index in [9.17, 15) is 4.79 Å². The van der Waals surface area contributed by atoms with Crippen LogP contribution in [0.5, 0.6) is 5.75 Å². The van der Waals surface area contributed by atoms with Gasteiger partial charge in [0.1, 0.15) is 5.75 Å². The minimum atomic E-state index is -0.198. The monoisotopic (exact) mass is 393 g/mol. The molecule has 1 saturated carbocycles. The first-order chi connectivity index (χ1) is 13.9. The number of ether oxygens (including phenoxy) is 1. The molecule has 0 saturated heterocycles. The smallest absolute Gasteiger partial charge is 0.262 e. The van der Waals surface area contributed by atoms with Gasteiger partial charge in [0.05, 0.1) is 11.4 Å². The Bertz CT molecular complexity index is 855. The average molecular weight is 394 g/mol. The van der Waals surface area contributed by atoms with Crippen LogP contribution < -0.4 is 15.4 Å². The number of anilines is 2. The van der Waals surface area contributed by atoms with Crippen molar-refractivity contribution in [3.8, 4) is 5.75 Å². The molecule has 3 rings (SSSR count). The SMILES string of the molecule is C=Nc1cc(OCC(=O)Nc2cccc(C)c2)ccc1NC1CC(C)C[C@@H](C)C1. The summed E-state index contributed by atoms with van der Waals surface area (Å²) >= 11 is 0. The third-order valence-electron chi connectivity index (χ3n) is 5.35. The summed E-state index contributed by atoms with van der Waals surface area (Å²) in [5.74, 6) is 1.86. The molecule has 2 N–H and O–H groups in total. The van der Waals surface area contributed by atoms with Gasteiger partial charge in [-0.15, -0.1) is 0 Å². The van der Waals surface area contributed by atoms with E-state index >= 15 is 0 Å². The molecule has 1 aliphatic carbocycles. The Morgan fingerprint density at radius 2 is 1.90 bits per heavy atom. The van der Waals surface area contributed by atoms with Crippen LogP contribution in [0.2, 0.25) is 0 Å². The number of aliphatic imine (C=N–C) groups is 1. The van der Waals surface area contributed by atoms with Crippen LogP contribution in [-0.2, 0) is 4.79 Å². The molecule has 3 atom stereocenters. The second-order valence-electron chi connectivity index (χ2n) is 8.30. The lowest BCUT2D eigenvalue weighted by Crippen LogP contribution is -2.30. The second kappa shape index (κ2) is 9.59. The molecule has 5 nitrogen and oxygen atoms in total. The van der Waals surface area contributed by atoms with E-state index in [4.69, 9.17) is 4.74 Å². The maximum atomic E-state index is 12.2. The van der Waals surface area contributed by atoms with E-state index in [0.29, 0.717) is 11.8 Å². The van der Waals surface area contributed by atoms with Crippen molar-refractivity contribution in [2.75, 3.05) is 17.2 Å².